The molecule has 1 rings (SSSR count). The van der Waals surface area contributed by atoms with Gasteiger partial charge in [0.15, 0.2) is 0 Å². The lowest BCUT2D eigenvalue weighted by Gasteiger charge is -2.21. The highest BCUT2D eigenvalue weighted by atomic mass is 15.2. The third-order valence-electron chi connectivity index (χ3n) is 3.24. The number of likely N-dealkylation sites (tertiary alicyclic amines) is 1. The Morgan fingerprint density at radius 1 is 1.54 bits per heavy atom. The molecule has 78 valence electrons. The van der Waals surface area contributed by atoms with E-state index in [2.05, 4.69) is 18.7 Å². The molecule has 0 saturated carbocycles. The van der Waals surface area contributed by atoms with E-state index in [0.717, 1.165) is 12.5 Å². The van der Waals surface area contributed by atoms with Crippen LogP contribution in [0.1, 0.15) is 46.0 Å². The molecule has 0 spiro atoms. The Balaban J connectivity index is 2.05. The Hall–Kier alpha value is -0.0800. The first-order valence-electron chi connectivity index (χ1n) is 5.73. The van der Waals surface area contributed by atoms with E-state index >= 15 is 0 Å². The van der Waals surface area contributed by atoms with Crippen molar-refractivity contribution in [3.05, 3.63) is 0 Å². The topological polar surface area (TPSA) is 29.3 Å². The molecule has 1 aliphatic heterocycles. The smallest absolute Gasteiger partial charge is 0.00674 e. The Kier molecular flexibility index (Phi) is 4.74. The Bertz CT molecular complexity index is 136. The van der Waals surface area contributed by atoms with E-state index in [1.54, 1.807) is 0 Å². The molecule has 0 aromatic heterocycles. The fraction of sp³-hybridized carbons (Fsp3) is 1.00. The minimum absolute atomic E-state index is 0.429. The molecule has 1 fully saturated rings. The molecule has 2 N–H and O–H groups in total. The summed E-state index contributed by atoms with van der Waals surface area (Å²) in [6.45, 7) is 7.08. The van der Waals surface area contributed by atoms with Gasteiger partial charge in [0.1, 0.15) is 0 Å². The predicted molar refractivity (Wildman–Crippen MR) is 57.8 cm³/mol. The van der Waals surface area contributed by atoms with Gasteiger partial charge in [0.2, 0.25) is 0 Å². The highest BCUT2D eigenvalue weighted by Gasteiger charge is 2.19. The Labute approximate surface area is 82.5 Å². The van der Waals surface area contributed by atoms with Crippen molar-refractivity contribution in [2.75, 3.05) is 13.1 Å². The standard InChI is InChI=1S/C11H24N2/c1-3-11(12)7-5-9-13-8-4-6-10(13)2/h10-11H,3-9,12H2,1-2H3. The minimum Gasteiger partial charge on any atom is -0.328 e. The van der Waals surface area contributed by atoms with Crippen molar-refractivity contribution in [2.45, 2.75) is 58.0 Å². The van der Waals surface area contributed by atoms with Crippen LogP contribution in [0.4, 0.5) is 0 Å². The van der Waals surface area contributed by atoms with Crippen LogP contribution in [0.5, 0.6) is 0 Å². The quantitative estimate of drug-likeness (QED) is 0.708. The second kappa shape index (κ2) is 5.61. The van der Waals surface area contributed by atoms with Crippen LogP contribution in [0, 0.1) is 0 Å². The highest BCUT2D eigenvalue weighted by Crippen LogP contribution is 2.16. The summed E-state index contributed by atoms with van der Waals surface area (Å²) in [5.41, 5.74) is 5.87. The lowest BCUT2D eigenvalue weighted by molar-refractivity contribution is 0.260. The van der Waals surface area contributed by atoms with Gasteiger partial charge in [-0.15, -0.1) is 0 Å². The van der Waals surface area contributed by atoms with E-state index in [1.807, 2.05) is 0 Å². The van der Waals surface area contributed by atoms with Gasteiger partial charge in [-0.25, -0.2) is 0 Å². The van der Waals surface area contributed by atoms with Gasteiger partial charge in [0, 0.05) is 12.1 Å². The summed E-state index contributed by atoms with van der Waals surface area (Å²) in [6, 6.07) is 1.25. The molecule has 1 saturated heterocycles. The molecule has 1 heterocycles. The highest BCUT2D eigenvalue weighted by molar-refractivity contribution is 4.75. The van der Waals surface area contributed by atoms with E-state index in [-0.39, 0.29) is 0 Å². The first-order valence-corrected chi connectivity index (χ1v) is 5.73. The van der Waals surface area contributed by atoms with Crippen LogP contribution >= 0.6 is 0 Å². The van der Waals surface area contributed by atoms with E-state index < -0.39 is 0 Å². The van der Waals surface area contributed by atoms with E-state index in [9.17, 15) is 0 Å². The van der Waals surface area contributed by atoms with E-state index in [1.165, 1.54) is 38.8 Å². The number of hydrogen-bond donors (Lipinski definition) is 1. The number of nitrogens with two attached hydrogens (primary N) is 1. The van der Waals surface area contributed by atoms with Crippen LogP contribution in [-0.2, 0) is 0 Å². The average molecular weight is 184 g/mol. The summed E-state index contributed by atoms with van der Waals surface area (Å²) in [5.74, 6) is 0. The van der Waals surface area contributed by atoms with Gasteiger partial charge in [0.05, 0.1) is 0 Å². The summed E-state index contributed by atoms with van der Waals surface area (Å²) in [5, 5.41) is 0. The van der Waals surface area contributed by atoms with Gasteiger partial charge in [-0.2, -0.15) is 0 Å². The second-order valence-corrected chi connectivity index (χ2v) is 4.34. The van der Waals surface area contributed by atoms with Crippen LogP contribution in [0.15, 0.2) is 0 Å². The second-order valence-electron chi connectivity index (χ2n) is 4.34. The van der Waals surface area contributed by atoms with E-state index in [4.69, 9.17) is 5.73 Å². The number of rotatable bonds is 5. The van der Waals surface area contributed by atoms with Gasteiger partial charge in [0.25, 0.3) is 0 Å². The molecule has 2 atom stereocenters. The zero-order valence-corrected chi connectivity index (χ0v) is 9.13. The first-order chi connectivity index (χ1) is 6.24. The maximum absolute atomic E-state index is 5.87. The van der Waals surface area contributed by atoms with Crippen molar-refractivity contribution < 1.29 is 0 Å². The molecule has 0 aliphatic carbocycles. The number of hydrogen-bond acceptors (Lipinski definition) is 2. The summed E-state index contributed by atoms with van der Waals surface area (Å²) < 4.78 is 0. The van der Waals surface area contributed by atoms with Crippen LogP contribution in [0.2, 0.25) is 0 Å². The van der Waals surface area contributed by atoms with Crippen molar-refractivity contribution in [3.8, 4) is 0 Å². The molecule has 0 aromatic carbocycles. The molecule has 2 nitrogen and oxygen atoms in total. The molecule has 1 aliphatic rings. The van der Waals surface area contributed by atoms with Crippen LogP contribution in [0.3, 0.4) is 0 Å². The normalized spacial score (nSPS) is 26.5. The predicted octanol–water partition coefficient (Wildman–Crippen LogP) is 1.99. The molecule has 0 amide bonds. The van der Waals surface area contributed by atoms with Gasteiger partial charge in [-0.1, -0.05) is 6.92 Å². The molecule has 2 unspecified atom stereocenters. The van der Waals surface area contributed by atoms with Crippen molar-refractivity contribution >= 4 is 0 Å². The average Bonchev–Trinajstić information content (AvgIpc) is 2.52. The van der Waals surface area contributed by atoms with Crippen molar-refractivity contribution in [1.82, 2.24) is 4.90 Å². The maximum atomic E-state index is 5.87. The summed E-state index contributed by atoms with van der Waals surface area (Å²) >= 11 is 0. The fourth-order valence-corrected chi connectivity index (χ4v) is 2.09. The summed E-state index contributed by atoms with van der Waals surface area (Å²) in [6.07, 6.45) is 6.37. The van der Waals surface area contributed by atoms with E-state index in [0.29, 0.717) is 6.04 Å². The minimum atomic E-state index is 0.429. The molecule has 2 heteroatoms. The SMILES string of the molecule is CCC(N)CCCN1CCCC1C. The zero-order valence-electron chi connectivity index (χ0n) is 9.13. The molecule has 0 aromatic rings. The van der Waals surface area contributed by atoms with Crippen LogP contribution < -0.4 is 5.73 Å². The zero-order chi connectivity index (χ0) is 9.68. The van der Waals surface area contributed by atoms with Crippen LogP contribution in [0.25, 0.3) is 0 Å². The molecule has 0 radical (unpaired) electrons. The Morgan fingerprint density at radius 3 is 2.85 bits per heavy atom. The van der Waals surface area contributed by atoms with Gasteiger partial charge in [-0.05, 0) is 52.1 Å². The first kappa shape index (κ1) is 11.0. The van der Waals surface area contributed by atoms with Crippen molar-refractivity contribution in [3.63, 3.8) is 0 Å². The lowest BCUT2D eigenvalue weighted by atomic mass is 10.1. The van der Waals surface area contributed by atoms with Gasteiger partial charge in [-0.3, -0.25) is 0 Å². The van der Waals surface area contributed by atoms with Crippen LogP contribution in [-0.4, -0.2) is 30.1 Å². The molecular weight excluding hydrogens is 160 g/mol. The summed E-state index contributed by atoms with van der Waals surface area (Å²) in [7, 11) is 0. The largest absolute Gasteiger partial charge is 0.328 e. The fourth-order valence-electron chi connectivity index (χ4n) is 2.09. The molecule has 13 heavy (non-hydrogen) atoms. The van der Waals surface area contributed by atoms with Gasteiger partial charge >= 0.3 is 0 Å². The van der Waals surface area contributed by atoms with Crippen molar-refractivity contribution in [2.24, 2.45) is 5.73 Å². The Morgan fingerprint density at radius 2 is 2.31 bits per heavy atom. The van der Waals surface area contributed by atoms with Crippen molar-refractivity contribution in [1.29, 1.82) is 0 Å². The maximum Gasteiger partial charge on any atom is 0.00674 e. The summed E-state index contributed by atoms with van der Waals surface area (Å²) in [4.78, 5) is 2.60. The third-order valence-corrected chi connectivity index (χ3v) is 3.24. The van der Waals surface area contributed by atoms with Gasteiger partial charge < -0.3 is 10.6 Å². The lowest BCUT2D eigenvalue weighted by Crippen LogP contribution is -2.29. The monoisotopic (exact) mass is 184 g/mol. The molecule has 0 bridgehead atoms. The third kappa shape index (κ3) is 3.65. The molecular formula is C11H24N2. The number of nitrogens with zero attached hydrogens (tertiary/aromatic N) is 1.